The molecule has 0 saturated heterocycles. The maximum absolute atomic E-state index is 13.9. The first-order valence-electron chi connectivity index (χ1n) is 7.87. The number of benzene rings is 2. The molecule has 3 rings (SSSR count). The van der Waals surface area contributed by atoms with Gasteiger partial charge in [-0.3, -0.25) is 0 Å². The molecule has 1 fully saturated rings. The van der Waals surface area contributed by atoms with Gasteiger partial charge in [0.2, 0.25) is 0 Å². The molecule has 1 aliphatic rings. The summed E-state index contributed by atoms with van der Waals surface area (Å²) in [7, 11) is -2.90. The van der Waals surface area contributed by atoms with Gasteiger partial charge in [-0.2, -0.15) is 0 Å². The molecule has 23 heavy (non-hydrogen) atoms. The summed E-state index contributed by atoms with van der Waals surface area (Å²) in [5.74, 6) is 1.82. The molecule has 0 heterocycles. The molecule has 4 heteroatoms. The molecule has 0 aliphatic heterocycles. The van der Waals surface area contributed by atoms with Gasteiger partial charge in [0.25, 0.3) is 0 Å². The van der Waals surface area contributed by atoms with E-state index in [1.54, 1.807) is 0 Å². The van der Waals surface area contributed by atoms with Gasteiger partial charge in [-0.25, -0.2) is 0 Å². The molecule has 1 saturated carbocycles. The molecule has 0 unspecified atom stereocenters. The average molecular weight is 438 g/mol. The van der Waals surface area contributed by atoms with Crippen molar-refractivity contribution in [2.24, 2.45) is 0 Å². The third kappa shape index (κ3) is 3.47. The molecular formula is C19H20IO2P. The molecule has 120 valence electrons. The molecule has 2 aromatic rings. The summed E-state index contributed by atoms with van der Waals surface area (Å²) in [6, 6.07) is 19.1. The van der Waals surface area contributed by atoms with Gasteiger partial charge in [0.15, 0.2) is 7.14 Å². The van der Waals surface area contributed by atoms with E-state index in [9.17, 15) is 9.67 Å². The summed E-state index contributed by atoms with van der Waals surface area (Å²) in [4.78, 5) is 0. The molecule has 0 bridgehead atoms. The number of rotatable bonds is 4. The van der Waals surface area contributed by atoms with E-state index >= 15 is 0 Å². The van der Waals surface area contributed by atoms with Crippen LogP contribution in [0.1, 0.15) is 25.7 Å². The normalized spacial score (nSPS) is 18.1. The first-order valence-corrected chi connectivity index (χ1v) is 10.7. The Kier molecular flexibility index (Phi) is 5.10. The standard InChI is InChI=1S/C19H20IO2P/c20-18(19(21)13-7-8-14-19)15-23(22,16-9-3-1-4-10-16)17-11-5-2-6-12-17/h1-6,9-12,15,21H,7-8,13-14H2/b18-15+. The van der Waals surface area contributed by atoms with Crippen LogP contribution in [-0.4, -0.2) is 10.7 Å². The van der Waals surface area contributed by atoms with Gasteiger partial charge in [0.05, 0.1) is 5.60 Å². The molecule has 0 amide bonds. The van der Waals surface area contributed by atoms with Crippen molar-refractivity contribution in [3.63, 3.8) is 0 Å². The minimum absolute atomic E-state index is 0.755. The van der Waals surface area contributed by atoms with E-state index in [1.807, 2.05) is 66.5 Å². The third-order valence-corrected chi connectivity index (χ3v) is 9.01. The van der Waals surface area contributed by atoms with E-state index < -0.39 is 12.7 Å². The van der Waals surface area contributed by atoms with Gasteiger partial charge in [0.1, 0.15) is 0 Å². The van der Waals surface area contributed by atoms with Gasteiger partial charge in [-0.15, -0.1) is 0 Å². The fraction of sp³-hybridized carbons (Fsp3) is 0.263. The molecule has 2 nitrogen and oxygen atoms in total. The molecule has 0 atom stereocenters. The Morgan fingerprint density at radius 1 is 0.957 bits per heavy atom. The van der Waals surface area contributed by atoms with Crippen LogP contribution in [0.5, 0.6) is 0 Å². The van der Waals surface area contributed by atoms with E-state index in [0.29, 0.717) is 0 Å². The van der Waals surface area contributed by atoms with E-state index in [4.69, 9.17) is 0 Å². The third-order valence-electron chi connectivity index (χ3n) is 4.45. The smallest absolute Gasteiger partial charge is 0.164 e. The average Bonchev–Trinajstić information content (AvgIpc) is 3.04. The summed E-state index contributed by atoms with van der Waals surface area (Å²) in [5, 5.41) is 12.4. The summed E-state index contributed by atoms with van der Waals surface area (Å²) >= 11 is 2.18. The Bertz CT molecular complexity index is 691. The zero-order valence-electron chi connectivity index (χ0n) is 12.9. The fourth-order valence-corrected chi connectivity index (χ4v) is 7.18. The first kappa shape index (κ1) is 16.9. The van der Waals surface area contributed by atoms with Gasteiger partial charge in [-0.05, 0) is 41.2 Å². The van der Waals surface area contributed by atoms with Crippen molar-refractivity contribution in [3.8, 4) is 0 Å². The zero-order valence-corrected chi connectivity index (χ0v) is 15.9. The minimum Gasteiger partial charge on any atom is -0.385 e. The maximum Gasteiger partial charge on any atom is 0.164 e. The Hall–Kier alpha value is -0.900. The lowest BCUT2D eigenvalue weighted by atomic mass is 10.0. The Balaban J connectivity index is 2.12. The predicted molar refractivity (Wildman–Crippen MR) is 105 cm³/mol. The number of halogens is 1. The van der Waals surface area contributed by atoms with E-state index in [0.717, 1.165) is 39.9 Å². The Morgan fingerprint density at radius 2 is 1.39 bits per heavy atom. The second kappa shape index (κ2) is 6.92. The second-order valence-electron chi connectivity index (χ2n) is 6.04. The van der Waals surface area contributed by atoms with Crippen LogP contribution in [0.25, 0.3) is 0 Å². The Labute approximate surface area is 151 Å². The second-order valence-corrected chi connectivity index (χ2v) is 9.81. The summed E-state index contributed by atoms with van der Waals surface area (Å²) in [5.41, 5.74) is -0.806. The molecular weight excluding hydrogens is 418 g/mol. The van der Waals surface area contributed by atoms with Crippen molar-refractivity contribution in [2.75, 3.05) is 0 Å². The molecule has 1 N–H and O–H groups in total. The monoisotopic (exact) mass is 438 g/mol. The molecule has 0 spiro atoms. The fourth-order valence-electron chi connectivity index (χ4n) is 3.08. The lowest BCUT2D eigenvalue weighted by molar-refractivity contribution is 0.0974. The lowest BCUT2D eigenvalue weighted by Crippen LogP contribution is -2.25. The van der Waals surface area contributed by atoms with Crippen LogP contribution < -0.4 is 10.6 Å². The zero-order chi connectivity index (χ0) is 16.3. The van der Waals surface area contributed by atoms with Crippen LogP contribution in [0.15, 0.2) is 70.1 Å². The van der Waals surface area contributed by atoms with Crippen LogP contribution >= 0.6 is 29.7 Å². The van der Waals surface area contributed by atoms with Gasteiger partial charge >= 0.3 is 0 Å². The van der Waals surface area contributed by atoms with Crippen molar-refractivity contribution >= 4 is 40.3 Å². The van der Waals surface area contributed by atoms with Gasteiger partial charge in [-0.1, -0.05) is 73.5 Å². The molecule has 1 aliphatic carbocycles. The SMILES string of the molecule is O=P(/C=C(/I)C1(O)CCCC1)(c1ccccc1)c1ccccc1. The number of aliphatic hydroxyl groups is 1. The minimum atomic E-state index is -2.90. The highest BCUT2D eigenvalue weighted by Crippen LogP contribution is 2.50. The van der Waals surface area contributed by atoms with Crippen molar-refractivity contribution in [2.45, 2.75) is 31.3 Å². The molecule has 2 aromatic carbocycles. The highest BCUT2D eigenvalue weighted by molar-refractivity contribution is 14.1. The maximum atomic E-state index is 13.9. The number of hydrogen-bond donors (Lipinski definition) is 1. The molecule has 0 aromatic heterocycles. The van der Waals surface area contributed by atoms with Gasteiger partial charge in [0, 0.05) is 14.2 Å². The van der Waals surface area contributed by atoms with Crippen LogP contribution in [0, 0.1) is 0 Å². The lowest BCUT2D eigenvalue weighted by Gasteiger charge is -2.24. The van der Waals surface area contributed by atoms with Crippen LogP contribution in [0.2, 0.25) is 0 Å². The van der Waals surface area contributed by atoms with Gasteiger partial charge < -0.3 is 9.67 Å². The predicted octanol–water partition coefficient (Wildman–Crippen LogP) is 4.58. The summed E-state index contributed by atoms with van der Waals surface area (Å²) < 4.78 is 14.7. The first-order chi connectivity index (χ1) is 11.0. The number of hydrogen-bond acceptors (Lipinski definition) is 2. The molecule has 0 radical (unpaired) electrons. The van der Waals surface area contributed by atoms with Crippen LogP contribution in [0.4, 0.5) is 0 Å². The summed E-state index contributed by atoms with van der Waals surface area (Å²) in [6.07, 6.45) is 3.56. The van der Waals surface area contributed by atoms with Crippen LogP contribution in [0.3, 0.4) is 0 Å². The highest BCUT2D eigenvalue weighted by Gasteiger charge is 2.36. The van der Waals surface area contributed by atoms with Crippen molar-refractivity contribution in [1.29, 1.82) is 0 Å². The summed E-state index contributed by atoms with van der Waals surface area (Å²) in [6.45, 7) is 0. The largest absolute Gasteiger partial charge is 0.385 e. The topological polar surface area (TPSA) is 37.3 Å². The van der Waals surface area contributed by atoms with E-state index in [2.05, 4.69) is 22.6 Å². The van der Waals surface area contributed by atoms with Crippen LogP contribution in [-0.2, 0) is 4.57 Å². The highest BCUT2D eigenvalue weighted by atomic mass is 127. The Morgan fingerprint density at radius 3 is 1.83 bits per heavy atom. The van der Waals surface area contributed by atoms with E-state index in [-0.39, 0.29) is 0 Å². The van der Waals surface area contributed by atoms with Crippen molar-refractivity contribution in [3.05, 3.63) is 70.1 Å². The van der Waals surface area contributed by atoms with E-state index in [1.165, 1.54) is 0 Å². The quantitative estimate of drug-likeness (QED) is 0.561. The van der Waals surface area contributed by atoms with Crippen molar-refractivity contribution < 1.29 is 9.67 Å². The van der Waals surface area contributed by atoms with Crippen molar-refractivity contribution in [1.82, 2.24) is 0 Å².